The van der Waals surface area contributed by atoms with Crippen LogP contribution in [0.15, 0.2) is 23.0 Å². The fourth-order valence-electron chi connectivity index (χ4n) is 3.41. The molecular weight excluding hydrogens is 331 g/mol. The van der Waals surface area contributed by atoms with Crippen LogP contribution in [-0.2, 0) is 6.42 Å². The number of halogens is 2. The summed E-state index contributed by atoms with van der Waals surface area (Å²) in [5, 5.41) is 7.42. The van der Waals surface area contributed by atoms with E-state index in [1.54, 1.807) is 12.1 Å². The minimum absolute atomic E-state index is 0.131. The molecular formula is C17H16ClFN4O. The van der Waals surface area contributed by atoms with E-state index in [-0.39, 0.29) is 12.0 Å². The van der Waals surface area contributed by atoms with E-state index in [0.29, 0.717) is 33.4 Å². The van der Waals surface area contributed by atoms with Gasteiger partial charge in [-0.3, -0.25) is 9.89 Å². The fourth-order valence-corrected chi connectivity index (χ4v) is 3.64. The van der Waals surface area contributed by atoms with Crippen LogP contribution in [0.3, 0.4) is 0 Å². The minimum Gasteiger partial charge on any atom is -0.308 e. The largest absolute Gasteiger partial charge is 0.308 e. The summed E-state index contributed by atoms with van der Waals surface area (Å²) in [4.78, 5) is 19.5. The second-order valence-electron chi connectivity index (χ2n) is 6.20. The molecule has 0 saturated heterocycles. The number of benzene rings is 1. The predicted octanol–water partition coefficient (Wildman–Crippen LogP) is 3.69. The van der Waals surface area contributed by atoms with Crippen LogP contribution < -0.4 is 5.56 Å². The van der Waals surface area contributed by atoms with Gasteiger partial charge >= 0.3 is 0 Å². The third-order valence-electron chi connectivity index (χ3n) is 4.65. The molecule has 2 N–H and O–H groups in total. The smallest absolute Gasteiger partial charge is 0.276 e. The first-order valence-electron chi connectivity index (χ1n) is 8.03. The van der Waals surface area contributed by atoms with Gasteiger partial charge in [-0.1, -0.05) is 30.5 Å². The van der Waals surface area contributed by atoms with E-state index in [4.69, 9.17) is 11.6 Å². The highest BCUT2D eigenvalue weighted by Crippen LogP contribution is 2.35. The van der Waals surface area contributed by atoms with Gasteiger partial charge in [-0.05, 0) is 25.0 Å². The zero-order valence-electron chi connectivity index (χ0n) is 12.9. The first-order chi connectivity index (χ1) is 11.6. The van der Waals surface area contributed by atoms with E-state index in [1.165, 1.54) is 18.9 Å². The summed E-state index contributed by atoms with van der Waals surface area (Å²) in [6, 6.07) is 4.52. The van der Waals surface area contributed by atoms with E-state index in [1.807, 2.05) is 0 Å². The van der Waals surface area contributed by atoms with E-state index in [9.17, 15) is 9.18 Å². The molecule has 2 heterocycles. The molecule has 1 aliphatic carbocycles. The van der Waals surface area contributed by atoms with Gasteiger partial charge in [-0.2, -0.15) is 5.10 Å². The van der Waals surface area contributed by atoms with Crippen LogP contribution in [0.25, 0.3) is 11.0 Å². The summed E-state index contributed by atoms with van der Waals surface area (Å²) in [5.74, 6) is 0.312. The molecule has 24 heavy (non-hydrogen) atoms. The topological polar surface area (TPSA) is 74.4 Å². The van der Waals surface area contributed by atoms with Crippen LogP contribution in [0, 0.1) is 5.82 Å². The Bertz CT molecular complexity index is 939. The Morgan fingerprint density at radius 1 is 1.29 bits per heavy atom. The Hall–Kier alpha value is -2.21. The standard InChI is InChI=1S/C17H16ClFN4O/c18-11-6-3-7-12(19)10(11)8-13-20-15-14(9-4-1-2-5-9)22-23-16(15)17(24)21-13/h3,6-7,9H,1-2,4-5,8H2,(H,22,23)(H,20,21,24). The summed E-state index contributed by atoms with van der Waals surface area (Å²) >= 11 is 6.07. The average Bonchev–Trinajstić information content (AvgIpc) is 3.20. The van der Waals surface area contributed by atoms with Crippen LogP contribution in [0.5, 0.6) is 0 Å². The lowest BCUT2D eigenvalue weighted by Gasteiger charge is -2.07. The second-order valence-corrected chi connectivity index (χ2v) is 6.61. The maximum Gasteiger partial charge on any atom is 0.276 e. The molecule has 1 aromatic carbocycles. The molecule has 0 aliphatic heterocycles. The number of aromatic nitrogens is 4. The highest BCUT2D eigenvalue weighted by atomic mass is 35.5. The van der Waals surface area contributed by atoms with Crippen LogP contribution in [0.2, 0.25) is 5.02 Å². The first kappa shape index (κ1) is 15.3. The van der Waals surface area contributed by atoms with E-state index >= 15 is 0 Å². The number of rotatable bonds is 3. The Balaban J connectivity index is 1.79. The quantitative estimate of drug-likeness (QED) is 0.759. The van der Waals surface area contributed by atoms with Crippen molar-refractivity contribution in [1.29, 1.82) is 0 Å². The molecule has 0 atom stereocenters. The Kier molecular flexibility index (Phi) is 3.84. The zero-order valence-corrected chi connectivity index (χ0v) is 13.7. The minimum atomic E-state index is -0.409. The highest BCUT2D eigenvalue weighted by Gasteiger charge is 2.24. The second kappa shape index (κ2) is 6.02. The van der Waals surface area contributed by atoms with Crippen molar-refractivity contribution < 1.29 is 4.39 Å². The van der Waals surface area contributed by atoms with Crippen LogP contribution in [0.4, 0.5) is 4.39 Å². The highest BCUT2D eigenvalue weighted by molar-refractivity contribution is 6.31. The van der Waals surface area contributed by atoms with E-state index in [2.05, 4.69) is 20.2 Å². The summed E-state index contributed by atoms with van der Waals surface area (Å²) in [5.41, 5.74) is 1.84. The molecule has 0 unspecified atom stereocenters. The van der Waals surface area contributed by atoms with Crippen molar-refractivity contribution in [2.75, 3.05) is 0 Å². The van der Waals surface area contributed by atoms with Crippen molar-refractivity contribution in [3.63, 3.8) is 0 Å². The Morgan fingerprint density at radius 3 is 2.83 bits per heavy atom. The molecule has 2 aromatic heterocycles. The number of fused-ring (bicyclic) bond motifs is 1. The Labute approximate surface area is 142 Å². The van der Waals surface area contributed by atoms with Gasteiger partial charge in [0.2, 0.25) is 0 Å². The monoisotopic (exact) mass is 346 g/mol. The van der Waals surface area contributed by atoms with Crippen LogP contribution in [-0.4, -0.2) is 20.2 Å². The molecule has 0 spiro atoms. The van der Waals surface area contributed by atoms with E-state index < -0.39 is 5.82 Å². The van der Waals surface area contributed by atoms with Crippen molar-refractivity contribution >= 4 is 22.6 Å². The van der Waals surface area contributed by atoms with Crippen molar-refractivity contribution in [3.8, 4) is 0 Å². The summed E-state index contributed by atoms with van der Waals surface area (Å²) in [6.45, 7) is 0. The average molecular weight is 347 g/mol. The SMILES string of the molecule is O=c1[nH]c(Cc2c(F)cccc2Cl)nc2c(C3CCCC3)n[nH]c12. The summed E-state index contributed by atoms with van der Waals surface area (Å²) < 4.78 is 14.0. The van der Waals surface area contributed by atoms with Crippen molar-refractivity contribution in [3.05, 3.63) is 56.5 Å². The molecule has 5 nitrogen and oxygen atoms in total. The van der Waals surface area contributed by atoms with Gasteiger partial charge in [0.25, 0.3) is 5.56 Å². The Morgan fingerprint density at radius 2 is 2.08 bits per heavy atom. The normalized spacial score (nSPS) is 15.4. The van der Waals surface area contributed by atoms with Crippen LogP contribution >= 0.6 is 11.6 Å². The van der Waals surface area contributed by atoms with Gasteiger partial charge in [-0.25, -0.2) is 9.37 Å². The maximum absolute atomic E-state index is 14.0. The molecule has 7 heteroatoms. The molecule has 0 amide bonds. The third-order valence-corrected chi connectivity index (χ3v) is 5.00. The lowest BCUT2D eigenvalue weighted by atomic mass is 10.0. The van der Waals surface area contributed by atoms with E-state index in [0.717, 1.165) is 18.5 Å². The van der Waals surface area contributed by atoms with Gasteiger partial charge in [0.05, 0.1) is 5.69 Å². The molecule has 0 bridgehead atoms. The third kappa shape index (κ3) is 2.60. The molecule has 4 rings (SSSR count). The van der Waals surface area contributed by atoms with Crippen LogP contribution in [0.1, 0.15) is 48.7 Å². The first-order valence-corrected chi connectivity index (χ1v) is 8.41. The number of hydrogen-bond donors (Lipinski definition) is 2. The molecule has 124 valence electrons. The number of aromatic amines is 2. The molecule has 1 aliphatic rings. The van der Waals surface area contributed by atoms with Gasteiger partial charge < -0.3 is 4.98 Å². The molecule has 1 fully saturated rings. The number of nitrogens with zero attached hydrogens (tertiary/aromatic N) is 2. The molecule has 1 saturated carbocycles. The predicted molar refractivity (Wildman–Crippen MR) is 89.9 cm³/mol. The molecule has 0 radical (unpaired) electrons. The number of H-pyrrole nitrogens is 2. The molecule has 3 aromatic rings. The van der Waals surface area contributed by atoms with Gasteiger partial charge in [-0.15, -0.1) is 0 Å². The summed E-state index contributed by atoms with van der Waals surface area (Å²) in [6.07, 6.45) is 4.58. The maximum atomic E-state index is 14.0. The fraction of sp³-hybridized carbons (Fsp3) is 0.353. The summed E-state index contributed by atoms with van der Waals surface area (Å²) in [7, 11) is 0. The zero-order chi connectivity index (χ0) is 16.7. The van der Waals surface area contributed by atoms with Crippen molar-refractivity contribution in [1.82, 2.24) is 20.2 Å². The van der Waals surface area contributed by atoms with Gasteiger partial charge in [0.1, 0.15) is 22.7 Å². The van der Waals surface area contributed by atoms with Gasteiger partial charge in [0.15, 0.2) is 0 Å². The lowest BCUT2D eigenvalue weighted by Crippen LogP contribution is -2.13. The number of nitrogens with one attached hydrogen (secondary N) is 2. The number of hydrogen-bond acceptors (Lipinski definition) is 3. The van der Waals surface area contributed by atoms with Crippen molar-refractivity contribution in [2.45, 2.75) is 38.0 Å². The van der Waals surface area contributed by atoms with Gasteiger partial charge in [0, 0.05) is 22.9 Å². The van der Waals surface area contributed by atoms with Crippen molar-refractivity contribution in [2.24, 2.45) is 0 Å². The lowest BCUT2D eigenvalue weighted by molar-refractivity contribution is 0.612.